The number of hydrogen-bond donors (Lipinski definition) is 3. The van der Waals surface area contributed by atoms with E-state index in [1.54, 1.807) is 24.3 Å². The van der Waals surface area contributed by atoms with E-state index in [0.717, 1.165) is 0 Å². The Morgan fingerprint density at radius 2 is 1.60 bits per heavy atom. The monoisotopic (exact) mass is 267 g/mol. The van der Waals surface area contributed by atoms with E-state index in [1.165, 1.54) is 12.1 Å². The molecule has 2 aromatic carbocycles. The highest BCUT2D eigenvalue weighted by atomic mass is 16.4. The maximum atomic E-state index is 10.9. The van der Waals surface area contributed by atoms with Gasteiger partial charge in [0.2, 0.25) is 0 Å². The Labute approximate surface area is 115 Å². The minimum Gasteiger partial charge on any atom is -0.478 e. The molecule has 0 spiro atoms. The first kappa shape index (κ1) is 13.5. The van der Waals surface area contributed by atoms with Crippen LogP contribution < -0.4 is 5.73 Å². The molecular weight excluding hydrogens is 254 g/mol. The van der Waals surface area contributed by atoms with Gasteiger partial charge < -0.3 is 10.8 Å². The van der Waals surface area contributed by atoms with E-state index in [2.05, 4.69) is 4.99 Å². The predicted molar refractivity (Wildman–Crippen MR) is 77.4 cm³/mol. The summed E-state index contributed by atoms with van der Waals surface area (Å²) in [5.74, 6) is -0.898. The Kier molecular flexibility index (Phi) is 3.91. The first-order valence-electron chi connectivity index (χ1n) is 5.90. The quantitative estimate of drug-likeness (QED) is 0.586. The number of aliphatic imine (C=N–C) groups is 1. The number of nitrogens with one attached hydrogen (secondary N) is 1. The van der Waals surface area contributed by atoms with Gasteiger partial charge in [0.1, 0.15) is 5.84 Å². The number of benzene rings is 2. The van der Waals surface area contributed by atoms with Crippen molar-refractivity contribution in [2.24, 2.45) is 10.7 Å². The first-order chi connectivity index (χ1) is 9.58. The molecule has 0 aliphatic heterocycles. The van der Waals surface area contributed by atoms with Gasteiger partial charge in [0.25, 0.3) is 0 Å². The molecule has 0 aliphatic rings. The van der Waals surface area contributed by atoms with Crippen LogP contribution in [0.2, 0.25) is 0 Å². The smallest absolute Gasteiger partial charge is 0.335 e. The molecule has 5 nitrogen and oxygen atoms in total. The zero-order valence-electron chi connectivity index (χ0n) is 10.6. The minimum atomic E-state index is -1.04. The topological polar surface area (TPSA) is 99.5 Å². The number of carboxylic acids is 1. The highest BCUT2D eigenvalue weighted by molar-refractivity contribution is 6.10. The van der Waals surface area contributed by atoms with Crippen molar-refractivity contribution < 1.29 is 9.90 Å². The third-order valence-corrected chi connectivity index (χ3v) is 2.68. The molecule has 0 aliphatic carbocycles. The Morgan fingerprint density at radius 1 is 1.00 bits per heavy atom. The van der Waals surface area contributed by atoms with Crippen molar-refractivity contribution in [3.63, 3.8) is 0 Å². The molecule has 20 heavy (non-hydrogen) atoms. The van der Waals surface area contributed by atoms with Crippen LogP contribution in [-0.2, 0) is 0 Å². The Bertz CT molecular complexity index is 679. The Morgan fingerprint density at radius 3 is 2.25 bits per heavy atom. The summed E-state index contributed by atoms with van der Waals surface area (Å²) >= 11 is 0. The summed E-state index contributed by atoms with van der Waals surface area (Å²) in [5, 5.41) is 16.8. The zero-order valence-corrected chi connectivity index (χ0v) is 10.6. The fourth-order valence-corrected chi connectivity index (χ4v) is 1.66. The molecular formula is C15H13N3O2. The van der Waals surface area contributed by atoms with Gasteiger partial charge in [-0.1, -0.05) is 42.5 Å². The summed E-state index contributed by atoms with van der Waals surface area (Å²) in [5.41, 5.74) is 7.06. The molecule has 5 heteroatoms. The predicted octanol–water partition coefficient (Wildman–Crippen LogP) is 2.12. The summed E-state index contributed by atoms with van der Waals surface area (Å²) in [6.07, 6.45) is 0. The number of hydrogen-bond acceptors (Lipinski definition) is 2. The highest BCUT2D eigenvalue weighted by Crippen LogP contribution is 2.08. The van der Waals surface area contributed by atoms with E-state index in [-0.39, 0.29) is 17.2 Å². The van der Waals surface area contributed by atoms with Gasteiger partial charge in [-0.25, -0.2) is 9.79 Å². The molecule has 2 aromatic rings. The molecule has 0 bridgehead atoms. The second-order valence-corrected chi connectivity index (χ2v) is 4.10. The van der Waals surface area contributed by atoms with Gasteiger partial charge in [0.15, 0.2) is 5.84 Å². The molecule has 0 aromatic heterocycles. The van der Waals surface area contributed by atoms with Gasteiger partial charge in [-0.05, 0) is 12.1 Å². The van der Waals surface area contributed by atoms with Crippen molar-refractivity contribution in [2.75, 3.05) is 0 Å². The lowest BCUT2D eigenvalue weighted by Crippen LogP contribution is -2.15. The summed E-state index contributed by atoms with van der Waals surface area (Å²) in [6, 6.07) is 15.1. The molecule has 0 saturated heterocycles. The van der Waals surface area contributed by atoms with E-state index >= 15 is 0 Å². The lowest BCUT2D eigenvalue weighted by atomic mass is 10.1. The number of carboxylic acid groups (broad SMARTS) is 1. The van der Waals surface area contributed by atoms with Crippen molar-refractivity contribution in [3.8, 4) is 0 Å². The zero-order chi connectivity index (χ0) is 14.5. The normalized spacial score (nSPS) is 11.1. The standard InChI is InChI=1S/C15H13N3O2/c16-13(10-5-2-1-3-6-10)18-14(17)11-7-4-8-12(9-11)15(19)20/h1-9H,(H,19,20)(H3,16,17,18). The summed E-state index contributed by atoms with van der Waals surface area (Å²) in [7, 11) is 0. The molecule has 0 heterocycles. The van der Waals surface area contributed by atoms with Gasteiger partial charge in [-0.2, -0.15) is 0 Å². The summed E-state index contributed by atoms with van der Waals surface area (Å²) in [6.45, 7) is 0. The van der Waals surface area contributed by atoms with E-state index in [1.807, 2.05) is 18.2 Å². The van der Waals surface area contributed by atoms with Crippen LogP contribution in [0.5, 0.6) is 0 Å². The fourth-order valence-electron chi connectivity index (χ4n) is 1.66. The number of rotatable bonds is 3. The average Bonchev–Trinajstić information content (AvgIpc) is 2.48. The Hall–Kier alpha value is -2.95. The molecule has 2 rings (SSSR count). The van der Waals surface area contributed by atoms with Gasteiger partial charge in [0.05, 0.1) is 5.56 Å². The summed E-state index contributed by atoms with van der Waals surface area (Å²) in [4.78, 5) is 14.9. The van der Waals surface area contributed by atoms with Crippen molar-refractivity contribution in [1.82, 2.24) is 0 Å². The average molecular weight is 267 g/mol. The van der Waals surface area contributed by atoms with Crippen LogP contribution in [0.15, 0.2) is 59.6 Å². The molecule has 0 unspecified atom stereocenters. The molecule has 0 atom stereocenters. The van der Waals surface area contributed by atoms with Gasteiger partial charge in [-0.3, -0.25) is 5.41 Å². The third kappa shape index (κ3) is 3.08. The number of carbonyl (C=O) groups is 1. The van der Waals surface area contributed by atoms with Crippen LogP contribution in [0.4, 0.5) is 0 Å². The van der Waals surface area contributed by atoms with Crippen LogP contribution in [0.1, 0.15) is 21.5 Å². The highest BCUT2D eigenvalue weighted by Gasteiger charge is 2.07. The second kappa shape index (κ2) is 5.79. The maximum Gasteiger partial charge on any atom is 0.335 e. The minimum absolute atomic E-state index is 0.0746. The number of amidine groups is 2. The number of nitrogens with zero attached hydrogens (tertiary/aromatic N) is 1. The van der Waals surface area contributed by atoms with Crippen LogP contribution in [0, 0.1) is 5.41 Å². The van der Waals surface area contributed by atoms with Gasteiger partial charge in [0, 0.05) is 11.1 Å². The molecule has 0 amide bonds. The van der Waals surface area contributed by atoms with E-state index in [0.29, 0.717) is 11.1 Å². The van der Waals surface area contributed by atoms with Crippen LogP contribution in [0.3, 0.4) is 0 Å². The van der Waals surface area contributed by atoms with Crippen molar-refractivity contribution in [1.29, 1.82) is 5.41 Å². The lowest BCUT2D eigenvalue weighted by Gasteiger charge is -2.03. The van der Waals surface area contributed by atoms with Gasteiger partial charge in [-0.15, -0.1) is 0 Å². The molecule has 0 fully saturated rings. The maximum absolute atomic E-state index is 10.9. The molecule has 4 N–H and O–H groups in total. The van der Waals surface area contributed by atoms with Crippen molar-refractivity contribution in [2.45, 2.75) is 0 Å². The number of aromatic carboxylic acids is 1. The van der Waals surface area contributed by atoms with Crippen LogP contribution >= 0.6 is 0 Å². The third-order valence-electron chi connectivity index (χ3n) is 2.68. The molecule has 0 radical (unpaired) electrons. The first-order valence-corrected chi connectivity index (χ1v) is 5.90. The van der Waals surface area contributed by atoms with E-state index < -0.39 is 5.97 Å². The lowest BCUT2D eigenvalue weighted by molar-refractivity contribution is 0.0697. The second-order valence-electron chi connectivity index (χ2n) is 4.10. The molecule has 0 saturated carbocycles. The van der Waals surface area contributed by atoms with Crippen LogP contribution in [0.25, 0.3) is 0 Å². The van der Waals surface area contributed by atoms with Gasteiger partial charge >= 0.3 is 5.97 Å². The fraction of sp³-hybridized carbons (Fsp3) is 0. The largest absolute Gasteiger partial charge is 0.478 e. The van der Waals surface area contributed by atoms with E-state index in [4.69, 9.17) is 16.2 Å². The van der Waals surface area contributed by atoms with Crippen molar-refractivity contribution in [3.05, 3.63) is 71.3 Å². The van der Waals surface area contributed by atoms with E-state index in [9.17, 15) is 4.79 Å². The molecule has 100 valence electrons. The van der Waals surface area contributed by atoms with Crippen LogP contribution in [-0.4, -0.2) is 22.7 Å². The van der Waals surface area contributed by atoms with Crippen molar-refractivity contribution >= 4 is 17.6 Å². The number of nitrogens with two attached hydrogens (primary N) is 1. The SMILES string of the molecule is N=C(N=C(N)c1ccccc1)c1cccc(C(=O)O)c1. The summed E-state index contributed by atoms with van der Waals surface area (Å²) < 4.78 is 0. The Balaban J connectivity index is 2.28.